The Morgan fingerprint density at radius 3 is 2.82 bits per heavy atom. The average molecular weight is 379 g/mol. The Balaban J connectivity index is 1.46. The van der Waals surface area contributed by atoms with Gasteiger partial charge in [0, 0.05) is 25.4 Å². The molecule has 28 heavy (non-hydrogen) atoms. The van der Waals surface area contributed by atoms with Crippen LogP contribution in [0.15, 0.2) is 24.5 Å². The van der Waals surface area contributed by atoms with Crippen LogP contribution >= 0.6 is 0 Å². The van der Waals surface area contributed by atoms with Gasteiger partial charge in [0.2, 0.25) is 5.91 Å². The zero-order valence-electron chi connectivity index (χ0n) is 17.6. The normalized spacial score (nSPS) is 42.5. The number of amides is 1. The minimum absolute atomic E-state index is 0.268. The summed E-state index contributed by atoms with van der Waals surface area (Å²) in [5.74, 6) is 3.27. The predicted molar refractivity (Wildman–Crippen MR) is 112 cm³/mol. The molecule has 0 unspecified atom stereocenters. The Morgan fingerprint density at radius 2 is 2.00 bits per heavy atom. The molecule has 1 amide bonds. The second kappa shape index (κ2) is 6.43. The minimum atomic E-state index is 0.268. The SMILES string of the molecule is Cc1ccncc1C1=CC[C@H]2[C@@H]3CC[C@H]4CNC(=O)CC[C@]4(C)[C@H]3CC[C@]12C. The fourth-order valence-electron chi connectivity index (χ4n) is 7.70. The van der Waals surface area contributed by atoms with Crippen molar-refractivity contribution in [3.8, 4) is 0 Å². The molecule has 5 rings (SSSR count). The van der Waals surface area contributed by atoms with E-state index in [4.69, 9.17) is 0 Å². The molecule has 0 radical (unpaired) electrons. The van der Waals surface area contributed by atoms with Crippen molar-refractivity contribution in [2.24, 2.45) is 34.5 Å². The molecular formula is C25H34N2O. The Kier molecular flexibility index (Phi) is 4.23. The summed E-state index contributed by atoms with van der Waals surface area (Å²) < 4.78 is 0. The fraction of sp³-hybridized carbons (Fsp3) is 0.680. The lowest BCUT2D eigenvalue weighted by Crippen LogP contribution is -2.52. The lowest BCUT2D eigenvalue weighted by molar-refractivity contribution is -0.121. The molecule has 0 aromatic carbocycles. The summed E-state index contributed by atoms with van der Waals surface area (Å²) in [7, 11) is 0. The molecule has 150 valence electrons. The van der Waals surface area contributed by atoms with Crippen molar-refractivity contribution in [1.29, 1.82) is 0 Å². The van der Waals surface area contributed by atoms with E-state index in [1.807, 2.05) is 6.20 Å². The number of rotatable bonds is 1. The van der Waals surface area contributed by atoms with Gasteiger partial charge in [-0.3, -0.25) is 9.78 Å². The highest BCUT2D eigenvalue weighted by Crippen LogP contribution is 2.66. The van der Waals surface area contributed by atoms with E-state index in [-0.39, 0.29) is 11.3 Å². The highest BCUT2D eigenvalue weighted by atomic mass is 16.1. The van der Waals surface area contributed by atoms with Crippen LogP contribution in [0.25, 0.3) is 5.57 Å². The lowest BCUT2D eigenvalue weighted by atomic mass is 9.46. The summed E-state index contributed by atoms with van der Waals surface area (Å²) in [5, 5.41) is 3.20. The van der Waals surface area contributed by atoms with Crippen molar-refractivity contribution in [3.05, 3.63) is 35.7 Å². The Labute approximate surface area is 169 Å². The van der Waals surface area contributed by atoms with Gasteiger partial charge in [0.15, 0.2) is 0 Å². The molecule has 4 aliphatic rings. The van der Waals surface area contributed by atoms with Crippen molar-refractivity contribution in [3.63, 3.8) is 0 Å². The molecule has 1 aromatic rings. The van der Waals surface area contributed by atoms with Crippen LogP contribution in [-0.4, -0.2) is 17.4 Å². The maximum absolute atomic E-state index is 12.1. The molecule has 3 fully saturated rings. The first-order valence-corrected chi connectivity index (χ1v) is 11.3. The van der Waals surface area contributed by atoms with Crippen molar-refractivity contribution in [2.45, 2.75) is 65.7 Å². The smallest absolute Gasteiger partial charge is 0.220 e. The van der Waals surface area contributed by atoms with E-state index in [2.05, 4.69) is 49.4 Å². The van der Waals surface area contributed by atoms with Crippen molar-refractivity contribution in [2.75, 3.05) is 6.54 Å². The van der Waals surface area contributed by atoms with E-state index in [9.17, 15) is 4.79 Å². The molecule has 2 heterocycles. The highest BCUT2D eigenvalue weighted by molar-refractivity contribution is 5.76. The number of aryl methyl sites for hydroxylation is 1. The lowest BCUT2D eigenvalue weighted by Gasteiger charge is -2.58. The van der Waals surface area contributed by atoms with E-state index < -0.39 is 0 Å². The summed E-state index contributed by atoms with van der Waals surface area (Å²) in [6.45, 7) is 8.18. The molecule has 0 bridgehead atoms. The molecule has 3 aliphatic carbocycles. The summed E-state index contributed by atoms with van der Waals surface area (Å²) in [4.78, 5) is 16.5. The number of hydrogen-bond donors (Lipinski definition) is 1. The van der Waals surface area contributed by atoms with Crippen molar-refractivity contribution < 1.29 is 4.79 Å². The average Bonchev–Trinajstić information content (AvgIpc) is 2.95. The second-order valence-electron chi connectivity index (χ2n) is 10.5. The van der Waals surface area contributed by atoms with Crippen LogP contribution in [0.5, 0.6) is 0 Å². The maximum Gasteiger partial charge on any atom is 0.220 e. The highest BCUT2D eigenvalue weighted by Gasteiger charge is 2.58. The number of hydrogen-bond acceptors (Lipinski definition) is 2. The number of carbonyl (C=O) groups excluding carboxylic acids is 1. The standard InChI is InChI=1S/C25H34N2O/c1-16-10-13-26-15-19(16)21-7-6-20-18-5-4-17-14-27-23(28)9-12-24(17,2)22(18)8-11-25(20,21)3/h7,10,13,15,17-18,20,22H,4-6,8-9,11-12,14H2,1-3H3,(H,27,28)/t17-,18-,20-,22-,24-,25-/m0/s1. The third-order valence-corrected chi connectivity index (χ3v) is 9.41. The van der Waals surface area contributed by atoms with E-state index in [0.717, 1.165) is 37.1 Å². The van der Waals surface area contributed by atoms with E-state index in [0.29, 0.717) is 11.3 Å². The van der Waals surface area contributed by atoms with Crippen molar-refractivity contribution >= 4 is 11.5 Å². The zero-order chi connectivity index (χ0) is 19.5. The topological polar surface area (TPSA) is 42.0 Å². The number of aromatic nitrogens is 1. The molecule has 2 saturated carbocycles. The van der Waals surface area contributed by atoms with Crippen LogP contribution in [0.2, 0.25) is 0 Å². The van der Waals surface area contributed by atoms with Gasteiger partial charge in [0.25, 0.3) is 0 Å². The number of nitrogens with one attached hydrogen (secondary N) is 1. The van der Waals surface area contributed by atoms with Crippen LogP contribution in [0.3, 0.4) is 0 Å². The Bertz CT molecular complexity index is 830. The van der Waals surface area contributed by atoms with Crippen LogP contribution < -0.4 is 5.32 Å². The van der Waals surface area contributed by atoms with Crippen LogP contribution in [0.1, 0.15) is 69.9 Å². The van der Waals surface area contributed by atoms with Gasteiger partial charge in [-0.1, -0.05) is 19.9 Å². The van der Waals surface area contributed by atoms with E-state index in [1.165, 1.54) is 43.2 Å². The summed E-state index contributed by atoms with van der Waals surface area (Å²) in [6, 6.07) is 2.15. The Hall–Kier alpha value is -1.64. The molecule has 1 saturated heterocycles. The van der Waals surface area contributed by atoms with Crippen LogP contribution in [0, 0.1) is 41.4 Å². The maximum atomic E-state index is 12.1. The third kappa shape index (κ3) is 2.54. The predicted octanol–water partition coefficient (Wildman–Crippen LogP) is 5.15. The first-order valence-electron chi connectivity index (χ1n) is 11.3. The second-order valence-corrected chi connectivity index (χ2v) is 10.5. The first kappa shape index (κ1) is 18.4. The summed E-state index contributed by atoms with van der Waals surface area (Å²) in [6.07, 6.45) is 14.8. The molecule has 1 aliphatic heterocycles. The van der Waals surface area contributed by atoms with Gasteiger partial charge < -0.3 is 5.32 Å². The van der Waals surface area contributed by atoms with Gasteiger partial charge in [-0.05, 0) is 103 Å². The number of pyridine rings is 1. The minimum Gasteiger partial charge on any atom is -0.356 e. The molecule has 3 nitrogen and oxygen atoms in total. The monoisotopic (exact) mass is 378 g/mol. The zero-order valence-corrected chi connectivity index (χ0v) is 17.6. The molecule has 0 spiro atoms. The van der Waals surface area contributed by atoms with Gasteiger partial charge >= 0.3 is 0 Å². The van der Waals surface area contributed by atoms with Gasteiger partial charge in [-0.15, -0.1) is 0 Å². The van der Waals surface area contributed by atoms with Gasteiger partial charge in [0.1, 0.15) is 0 Å². The van der Waals surface area contributed by atoms with Crippen molar-refractivity contribution in [1.82, 2.24) is 10.3 Å². The molecule has 3 heteroatoms. The molecule has 6 atom stereocenters. The van der Waals surface area contributed by atoms with Gasteiger partial charge in [-0.2, -0.15) is 0 Å². The summed E-state index contributed by atoms with van der Waals surface area (Å²) in [5.41, 5.74) is 4.91. The van der Waals surface area contributed by atoms with Crippen LogP contribution in [0.4, 0.5) is 0 Å². The Morgan fingerprint density at radius 1 is 1.14 bits per heavy atom. The number of carbonyl (C=O) groups is 1. The fourth-order valence-corrected chi connectivity index (χ4v) is 7.70. The quantitative estimate of drug-likeness (QED) is 0.734. The number of allylic oxidation sites excluding steroid dienone is 2. The molecule has 1 N–H and O–H groups in total. The number of fused-ring (bicyclic) bond motifs is 5. The molecule has 1 aromatic heterocycles. The van der Waals surface area contributed by atoms with Crippen LogP contribution in [-0.2, 0) is 4.79 Å². The molecular weight excluding hydrogens is 344 g/mol. The van der Waals surface area contributed by atoms with Gasteiger partial charge in [-0.25, -0.2) is 0 Å². The number of nitrogens with zero attached hydrogens (tertiary/aromatic N) is 1. The van der Waals surface area contributed by atoms with E-state index >= 15 is 0 Å². The third-order valence-electron chi connectivity index (χ3n) is 9.41. The summed E-state index contributed by atoms with van der Waals surface area (Å²) >= 11 is 0. The largest absolute Gasteiger partial charge is 0.356 e. The van der Waals surface area contributed by atoms with E-state index in [1.54, 1.807) is 5.57 Å². The first-order chi connectivity index (χ1) is 13.4. The van der Waals surface area contributed by atoms with Gasteiger partial charge in [0.05, 0.1) is 0 Å².